The molecule has 0 aromatic heterocycles. The maximum Gasteiger partial charge on any atom is 0.341 e. The zero-order valence-corrected chi connectivity index (χ0v) is 13.3. The van der Waals surface area contributed by atoms with E-state index in [9.17, 15) is 9.90 Å². The number of carboxylic acid groups (broad SMARTS) is 1. The summed E-state index contributed by atoms with van der Waals surface area (Å²) < 4.78 is 5.47. The summed E-state index contributed by atoms with van der Waals surface area (Å²) >= 11 is 0. The third kappa shape index (κ3) is 3.67. The normalized spacial score (nSPS) is 27.1. The molecule has 1 aromatic rings. The summed E-state index contributed by atoms with van der Waals surface area (Å²) in [5.74, 6) is 1.70. The molecule has 4 N–H and O–H groups in total. The molecule has 23 heavy (non-hydrogen) atoms. The molecule has 3 rings (SSSR count). The summed E-state index contributed by atoms with van der Waals surface area (Å²) in [5.41, 5.74) is 7.96. The average Bonchev–Trinajstić information content (AvgIpc) is 2.90. The van der Waals surface area contributed by atoms with E-state index < -0.39 is 12.2 Å². The van der Waals surface area contributed by atoms with E-state index in [0.717, 1.165) is 25.0 Å². The molecule has 5 nitrogen and oxygen atoms in total. The van der Waals surface area contributed by atoms with Crippen LogP contribution in [0, 0.1) is 17.8 Å². The van der Waals surface area contributed by atoms with Crippen LogP contribution in [0.1, 0.15) is 36.8 Å². The topological polar surface area (TPSA) is 92.8 Å². The van der Waals surface area contributed by atoms with Gasteiger partial charge in [0.1, 0.15) is 12.0 Å². The van der Waals surface area contributed by atoms with Crippen LogP contribution in [0.5, 0.6) is 5.75 Å². The Morgan fingerprint density at radius 3 is 2.91 bits per heavy atom. The molecular weight excluding hydrogens is 294 g/mol. The molecule has 0 saturated heterocycles. The zero-order chi connectivity index (χ0) is 16.4. The number of carbonyl (C=O) groups is 1. The predicted octanol–water partition coefficient (Wildman–Crippen LogP) is 1.95. The highest BCUT2D eigenvalue weighted by molar-refractivity contribution is 5.68. The van der Waals surface area contributed by atoms with Gasteiger partial charge in [0.25, 0.3) is 0 Å². The Morgan fingerprint density at radius 1 is 1.35 bits per heavy atom. The Balaban J connectivity index is 1.73. The molecule has 5 heteroatoms. The van der Waals surface area contributed by atoms with Gasteiger partial charge in [-0.15, -0.1) is 0 Å². The number of aliphatic hydroxyl groups excluding tert-OH is 1. The standard InChI is InChI=1S/C18H25NO4/c19-17(20)7-6-11-4-5-13-9-15-12(8-14(11)13)2-1-3-16(15)23-10-18(21)22/h1-3,11,13-14,17,20H,4-10,19H2,(H,21,22). The van der Waals surface area contributed by atoms with Crippen LogP contribution < -0.4 is 10.5 Å². The van der Waals surface area contributed by atoms with Crippen LogP contribution in [0.25, 0.3) is 0 Å². The minimum atomic E-state index is -0.947. The number of aliphatic carboxylic acids is 1. The maximum absolute atomic E-state index is 10.7. The van der Waals surface area contributed by atoms with Gasteiger partial charge in [-0.05, 0) is 73.5 Å². The number of hydrogen-bond acceptors (Lipinski definition) is 4. The van der Waals surface area contributed by atoms with Gasteiger partial charge in [-0.2, -0.15) is 0 Å². The molecular formula is C18H25NO4. The Labute approximate surface area is 136 Å². The van der Waals surface area contributed by atoms with E-state index in [-0.39, 0.29) is 6.61 Å². The molecule has 0 spiro atoms. The first-order valence-corrected chi connectivity index (χ1v) is 8.43. The van der Waals surface area contributed by atoms with Gasteiger partial charge in [-0.25, -0.2) is 4.79 Å². The van der Waals surface area contributed by atoms with Crippen molar-refractivity contribution >= 4 is 5.97 Å². The van der Waals surface area contributed by atoms with Crippen molar-refractivity contribution in [3.63, 3.8) is 0 Å². The summed E-state index contributed by atoms with van der Waals surface area (Å²) in [4.78, 5) is 10.7. The van der Waals surface area contributed by atoms with Gasteiger partial charge >= 0.3 is 5.97 Å². The van der Waals surface area contributed by atoms with Gasteiger partial charge in [-0.1, -0.05) is 12.1 Å². The van der Waals surface area contributed by atoms with Gasteiger partial charge in [0.15, 0.2) is 6.61 Å². The third-order valence-corrected chi connectivity index (χ3v) is 5.46. The van der Waals surface area contributed by atoms with Crippen molar-refractivity contribution in [2.75, 3.05) is 6.61 Å². The zero-order valence-electron chi connectivity index (χ0n) is 13.3. The molecule has 126 valence electrons. The van der Waals surface area contributed by atoms with Crippen molar-refractivity contribution in [1.29, 1.82) is 0 Å². The molecule has 0 bridgehead atoms. The molecule has 0 radical (unpaired) electrons. The van der Waals surface area contributed by atoms with Crippen LogP contribution >= 0.6 is 0 Å². The lowest BCUT2D eigenvalue weighted by atomic mass is 9.74. The number of benzene rings is 1. The summed E-state index contributed by atoms with van der Waals surface area (Å²) in [6.45, 7) is -0.290. The summed E-state index contributed by atoms with van der Waals surface area (Å²) in [5, 5.41) is 18.1. The van der Waals surface area contributed by atoms with E-state index in [1.807, 2.05) is 12.1 Å². The van der Waals surface area contributed by atoms with Gasteiger partial charge in [-0.3, -0.25) is 0 Å². The van der Waals surface area contributed by atoms with Crippen LogP contribution in [-0.4, -0.2) is 29.0 Å². The quantitative estimate of drug-likeness (QED) is 0.697. The van der Waals surface area contributed by atoms with Crippen LogP contribution in [0.2, 0.25) is 0 Å². The van der Waals surface area contributed by atoms with E-state index in [0.29, 0.717) is 24.2 Å². The largest absolute Gasteiger partial charge is 0.482 e. The van der Waals surface area contributed by atoms with Crippen molar-refractivity contribution in [2.45, 2.75) is 44.8 Å². The molecule has 1 saturated carbocycles. The van der Waals surface area contributed by atoms with E-state index in [4.69, 9.17) is 15.6 Å². The van der Waals surface area contributed by atoms with Gasteiger partial charge in [0, 0.05) is 0 Å². The number of nitrogens with two attached hydrogens (primary N) is 1. The summed E-state index contributed by atoms with van der Waals surface area (Å²) in [6.07, 6.45) is 5.34. The van der Waals surface area contributed by atoms with Crippen LogP contribution in [0.4, 0.5) is 0 Å². The Bertz CT molecular complexity index is 572. The Kier molecular flexibility index (Phi) is 4.87. The first-order chi connectivity index (χ1) is 11.0. The molecule has 0 heterocycles. The van der Waals surface area contributed by atoms with Crippen LogP contribution in [0.3, 0.4) is 0 Å². The Hall–Kier alpha value is -1.59. The SMILES string of the molecule is NC(O)CCC1CCC2Cc3c(cccc3OCC(=O)O)CC12. The monoisotopic (exact) mass is 319 g/mol. The summed E-state index contributed by atoms with van der Waals surface area (Å²) in [6, 6.07) is 5.95. The van der Waals surface area contributed by atoms with E-state index in [1.165, 1.54) is 24.0 Å². The van der Waals surface area contributed by atoms with Crippen molar-refractivity contribution in [3.8, 4) is 5.75 Å². The molecule has 4 atom stereocenters. The fraction of sp³-hybridized carbons (Fsp3) is 0.611. The first kappa shape index (κ1) is 16.3. The van der Waals surface area contributed by atoms with Crippen molar-refractivity contribution in [1.82, 2.24) is 0 Å². The first-order valence-electron chi connectivity index (χ1n) is 8.43. The average molecular weight is 319 g/mol. The minimum absolute atomic E-state index is 0.290. The van der Waals surface area contributed by atoms with Gasteiger partial charge in [0.05, 0.1) is 0 Å². The molecule has 1 aromatic carbocycles. The second kappa shape index (κ2) is 6.89. The Morgan fingerprint density at radius 2 is 2.17 bits per heavy atom. The third-order valence-electron chi connectivity index (χ3n) is 5.46. The van der Waals surface area contributed by atoms with Crippen molar-refractivity contribution in [3.05, 3.63) is 29.3 Å². The fourth-order valence-corrected chi connectivity index (χ4v) is 4.40. The van der Waals surface area contributed by atoms with E-state index in [2.05, 4.69) is 6.07 Å². The lowest BCUT2D eigenvalue weighted by Crippen LogP contribution is -2.27. The van der Waals surface area contributed by atoms with Crippen molar-refractivity contribution < 1.29 is 19.7 Å². The number of carboxylic acids is 1. The maximum atomic E-state index is 10.7. The number of aliphatic hydroxyl groups is 1. The lowest BCUT2D eigenvalue weighted by Gasteiger charge is -2.32. The molecule has 4 unspecified atom stereocenters. The number of hydrogen-bond donors (Lipinski definition) is 3. The number of ether oxygens (including phenoxy) is 1. The highest BCUT2D eigenvalue weighted by Crippen LogP contribution is 2.48. The van der Waals surface area contributed by atoms with E-state index >= 15 is 0 Å². The minimum Gasteiger partial charge on any atom is -0.482 e. The van der Waals surface area contributed by atoms with Crippen molar-refractivity contribution in [2.24, 2.45) is 23.5 Å². The van der Waals surface area contributed by atoms with E-state index in [1.54, 1.807) is 0 Å². The van der Waals surface area contributed by atoms with Crippen LogP contribution in [0.15, 0.2) is 18.2 Å². The molecule has 0 amide bonds. The number of fused-ring (bicyclic) bond motifs is 2. The molecule has 1 fully saturated rings. The summed E-state index contributed by atoms with van der Waals surface area (Å²) in [7, 11) is 0. The molecule has 2 aliphatic rings. The fourth-order valence-electron chi connectivity index (χ4n) is 4.40. The second-order valence-electron chi connectivity index (χ2n) is 6.89. The lowest BCUT2D eigenvalue weighted by molar-refractivity contribution is -0.139. The highest BCUT2D eigenvalue weighted by Gasteiger charge is 2.39. The second-order valence-corrected chi connectivity index (χ2v) is 6.89. The van der Waals surface area contributed by atoms with Crippen LogP contribution in [-0.2, 0) is 17.6 Å². The van der Waals surface area contributed by atoms with Gasteiger partial charge in [0.2, 0.25) is 0 Å². The molecule has 0 aliphatic heterocycles. The number of rotatable bonds is 6. The highest BCUT2D eigenvalue weighted by atomic mass is 16.5. The molecule has 2 aliphatic carbocycles. The smallest absolute Gasteiger partial charge is 0.341 e. The van der Waals surface area contributed by atoms with Gasteiger partial charge < -0.3 is 20.7 Å². The predicted molar refractivity (Wildman–Crippen MR) is 86.1 cm³/mol.